The van der Waals surface area contributed by atoms with Crippen molar-refractivity contribution in [2.45, 2.75) is 38.7 Å². The largest absolute Gasteiger partial charge is 0.536 e. The van der Waals surface area contributed by atoms with Crippen LogP contribution in [0.3, 0.4) is 0 Å². The Labute approximate surface area is 160 Å². The topological polar surface area (TPSA) is 60.7 Å². The third-order valence-electron chi connectivity index (χ3n) is 4.44. The minimum absolute atomic E-state index is 0.144. The molecule has 28 heavy (non-hydrogen) atoms. The Morgan fingerprint density at radius 2 is 1.75 bits per heavy atom. The van der Waals surface area contributed by atoms with Gasteiger partial charge in [-0.1, -0.05) is 42.8 Å². The van der Waals surface area contributed by atoms with Gasteiger partial charge < -0.3 is 4.57 Å². The predicted molar refractivity (Wildman–Crippen MR) is 103 cm³/mol. The van der Waals surface area contributed by atoms with Crippen molar-refractivity contribution in [3.63, 3.8) is 0 Å². The minimum atomic E-state index is -5.79. The number of nitrogens with zero attached hydrogens (tertiary/aromatic N) is 2. The molecule has 0 saturated heterocycles. The van der Waals surface area contributed by atoms with Crippen LogP contribution in [0.15, 0.2) is 47.6 Å². The Morgan fingerprint density at radius 3 is 2.39 bits per heavy atom. The molecule has 0 unspecified atom stereocenters. The maximum atomic E-state index is 12.5. The summed E-state index contributed by atoms with van der Waals surface area (Å²) in [4.78, 5) is 0. The summed E-state index contributed by atoms with van der Waals surface area (Å²) in [5, 5.41) is 5.25. The van der Waals surface area contributed by atoms with Crippen molar-refractivity contribution in [2.24, 2.45) is 5.16 Å². The van der Waals surface area contributed by atoms with E-state index in [0.29, 0.717) is 12.0 Å². The van der Waals surface area contributed by atoms with Crippen LogP contribution in [-0.4, -0.2) is 24.2 Å². The number of fused-ring (bicyclic) bond motifs is 3. The summed E-state index contributed by atoms with van der Waals surface area (Å²) in [5.41, 5.74) is -2.84. The summed E-state index contributed by atoms with van der Waals surface area (Å²) in [7, 11) is -5.79. The maximum Gasteiger partial charge on any atom is 0.536 e. The molecule has 1 heterocycles. The molecule has 0 spiro atoms. The van der Waals surface area contributed by atoms with E-state index in [1.54, 1.807) is 6.07 Å². The van der Waals surface area contributed by atoms with Crippen molar-refractivity contribution in [1.29, 1.82) is 0 Å². The fraction of sp³-hybridized carbons (Fsp3) is 0.316. The van der Waals surface area contributed by atoms with Gasteiger partial charge in [0, 0.05) is 33.9 Å². The number of aromatic nitrogens is 1. The molecule has 0 saturated carbocycles. The molecule has 2 aromatic carbocycles. The van der Waals surface area contributed by atoms with Crippen LogP contribution in [0.1, 0.15) is 32.3 Å². The Morgan fingerprint density at radius 1 is 1.07 bits per heavy atom. The van der Waals surface area contributed by atoms with E-state index in [-0.39, 0.29) is 12.1 Å². The summed E-state index contributed by atoms with van der Waals surface area (Å²) < 4.78 is 65.9. The second kappa shape index (κ2) is 7.46. The lowest BCUT2D eigenvalue weighted by Crippen LogP contribution is -2.24. The summed E-state index contributed by atoms with van der Waals surface area (Å²) in [6.45, 7) is 4.60. The van der Waals surface area contributed by atoms with Gasteiger partial charge in [0.05, 0.1) is 5.71 Å². The second-order valence-electron chi connectivity index (χ2n) is 6.26. The summed E-state index contributed by atoms with van der Waals surface area (Å²) >= 11 is 0. The van der Waals surface area contributed by atoms with Gasteiger partial charge in [-0.05, 0) is 31.5 Å². The number of benzene rings is 2. The van der Waals surface area contributed by atoms with Gasteiger partial charge in [-0.3, -0.25) is 4.28 Å². The van der Waals surface area contributed by atoms with E-state index in [1.807, 2.05) is 50.2 Å². The highest BCUT2D eigenvalue weighted by Gasteiger charge is 2.49. The van der Waals surface area contributed by atoms with Crippen LogP contribution in [0.5, 0.6) is 0 Å². The minimum Gasteiger partial charge on any atom is -0.341 e. The average Bonchev–Trinajstić information content (AvgIpc) is 2.97. The van der Waals surface area contributed by atoms with Crippen molar-refractivity contribution >= 4 is 37.6 Å². The van der Waals surface area contributed by atoms with Crippen molar-refractivity contribution in [1.82, 2.24) is 4.57 Å². The molecule has 0 aliphatic rings. The van der Waals surface area contributed by atoms with Gasteiger partial charge in [0.15, 0.2) is 0 Å². The molecule has 0 aliphatic carbocycles. The molecule has 0 bridgehead atoms. The van der Waals surface area contributed by atoms with Crippen LogP contribution in [0.2, 0.25) is 0 Å². The van der Waals surface area contributed by atoms with Gasteiger partial charge in [0.25, 0.3) is 0 Å². The van der Waals surface area contributed by atoms with Gasteiger partial charge in [-0.2, -0.15) is 21.6 Å². The molecule has 3 aromatic rings. The molecule has 0 fully saturated rings. The Hall–Kier alpha value is -2.55. The standard InChI is InChI=1S/C19H19F3N2O3S/c1-3-7-16(23-27-28(25,26)19(20,21)22)13-10-11-18-15(12-13)14-8-5-6-9-17(14)24(18)4-2/h5-6,8-12H,3-4,7H2,1-2H3. The maximum absolute atomic E-state index is 12.5. The average molecular weight is 412 g/mol. The van der Waals surface area contributed by atoms with E-state index < -0.39 is 15.6 Å². The Kier molecular flexibility index (Phi) is 5.38. The normalized spacial score (nSPS) is 13.4. The van der Waals surface area contributed by atoms with Crippen LogP contribution in [0.4, 0.5) is 13.2 Å². The highest BCUT2D eigenvalue weighted by Crippen LogP contribution is 2.30. The fourth-order valence-corrected chi connectivity index (χ4v) is 3.46. The van der Waals surface area contributed by atoms with Crippen LogP contribution >= 0.6 is 0 Å². The molecule has 9 heteroatoms. The van der Waals surface area contributed by atoms with Gasteiger partial charge in [0.1, 0.15) is 0 Å². The highest BCUT2D eigenvalue weighted by molar-refractivity contribution is 7.87. The monoisotopic (exact) mass is 412 g/mol. The van der Waals surface area contributed by atoms with Gasteiger partial charge in [-0.15, -0.1) is 0 Å². The van der Waals surface area contributed by atoms with E-state index in [4.69, 9.17) is 0 Å². The number of alkyl halides is 3. The quantitative estimate of drug-likeness (QED) is 0.318. The number of rotatable bonds is 6. The van der Waals surface area contributed by atoms with Crippen LogP contribution in [0, 0.1) is 0 Å². The zero-order valence-electron chi connectivity index (χ0n) is 15.3. The van der Waals surface area contributed by atoms with Gasteiger partial charge >= 0.3 is 15.6 Å². The smallest absolute Gasteiger partial charge is 0.341 e. The number of halogens is 3. The Balaban J connectivity index is 2.12. The third-order valence-corrected chi connectivity index (χ3v) is 5.28. The molecule has 0 N–H and O–H groups in total. The fourth-order valence-electron chi connectivity index (χ4n) is 3.19. The first-order chi connectivity index (χ1) is 13.2. The molecule has 3 rings (SSSR count). The van der Waals surface area contributed by atoms with Crippen LogP contribution in [0.25, 0.3) is 21.8 Å². The lowest BCUT2D eigenvalue weighted by Gasteiger charge is -2.09. The molecule has 0 atom stereocenters. The SMILES string of the molecule is CCCC(=NOS(=O)(=O)C(F)(F)F)c1ccc2c(c1)c1ccccc1n2CC. The zero-order chi connectivity index (χ0) is 20.5. The molecular formula is C19H19F3N2O3S. The van der Waals surface area contributed by atoms with E-state index in [1.165, 1.54) is 0 Å². The number of oxime groups is 1. The first-order valence-electron chi connectivity index (χ1n) is 8.77. The van der Waals surface area contributed by atoms with E-state index >= 15 is 0 Å². The molecule has 0 aliphatic heterocycles. The molecular weight excluding hydrogens is 393 g/mol. The summed E-state index contributed by atoms with van der Waals surface area (Å²) in [6.07, 6.45) is 0.828. The van der Waals surface area contributed by atoms with Crippen LogP contribution < -0.4 is 0 Å². The number of hydrogen-bond acceptors (Lipinski definition) is 4. The van der Waals surface area contributed by atoms with Gasteiger partial charge in [0.2, 0.25) is 0 Å². The molecule has 5 nitrogen and oxygen atoms in total. The Bertz CT molecular complexity index is 1150. The molecule has 1 aromatic heterocycles. The molecule has 150 valence electrons. The number of aryl methyl sites for hydroxylation is 1. The van der Waals surface area contributed by atoms with Crippen molar-refractivity contribution in [2.75, 3.05) is 0 Å². The summed E-state index contributed by atoms with van der Waals surface area (Å²) in [5.74, 6) is 0. The van der Waals surface area contributed by atoms with E-state index in [2.05, 4.69) is 14.0 Å². The first kappa shape index (κ1) is 20.2. The molecule has 0 amide bonds. The predicted octanol–water partition coefficient (Wildman–Crippen LogP) is 5.18. The van der Waals surface area contributed by atoms with E-state index in [0.717, 1.165) is 28.4 Å². The number of hydrogen-bond donors (Lipinski definition) is 0. The second-order valence-corrected chi connectivity index (χ2v) is 7.78. The third kappa shape index (κ3) is 3.58. The lowest BCUT2D eigenvalue weighted by molar-refractivity contribution is -0.0540. The highest BCUT2D eigenvalue weighted by atomic mass is 32.2. The van der Waals surface area contributed by atoms with Crippen LogP contribution in [-0.2, 0) is 20.9 Å². The lowest BCUT2D eigenvalue weighted by atomic mass is 10.0. The first-order valence-corrected chi connectivity index (χ1v) is 10.2. The van der Waals surface area contributed by atoms with Crippen molar-refractivity contribution < 1.29 is 25.9 Å². The summed E-state index contributed by atoms with van der Waals surface area (Å²) in [6, 6.07) is 13.2. The van der Waals surface area contributed by atoms with Crippen molar-refractivity contribution in [3.8, 4) is 0 Å². The molecule has 0 radical (unpaired) electrons. The van der Waals surface area contributed by atoms with E-state index in [9.17, 15) is 21.6 Å². The zero-order valence-corrected chi connectivity index (χ0v) is 16.1. The van der Waals surface area contributed by atoms with Gasteiger partial charge in [-0.25, -0.2) is 0 Å². The van der Waals surface area contributed by atoms with Crippen molar-refractivity contribution in [3.05, 3.63) is 48.0 Å². The number of para-hydroxylation sites is 1.